The molecule has 5 heteroatoms. The van der Waals surface area contributed by atoms with Crippen LogP contribution in [0.5, 0.6) is 0 Å². The molecule has 0 saturated carbocycles. The average Bonchev–Trinajstić information content (AvgIpc) is 3.66. The Bertz CT molecular complexity index is 2300. The fourth-order valence-electron chi connectivity index (χ4n) is 6.31. The van der Waals surface area contributed by atoms with Gasteiger partial charge in [0.25, 0.3) is 0 Å². The van der Waals surface area contributed by atoms with Crippen LogP contribution in [0.25, 0.3) is 78.5 Å². The third-order valence-corrected chi connectivity index (χ3v) is 8.43. The SMILES string of the molecule is c1ccc(-c2nc(-c3ccccc3)nc(-c3ccc4c(c3)oc3cc(-c5cccc6c5Cc5cccnc5-6)ccc34)n2)cc1. The highest BCUT2D eigenvalue weighted by atomic mass is 16.3. The molecular weight excluding hydrogens is 540 g/mol. The van der Waals surface area contributed by atoms with E-state index < -0.39 is 0 Å². The van der Waals surface area contributed by atoms with E-state index in [4.69, 9.17) is 19.4 Å². The van der Waals surface area contributed by atoms with E-state index in [1.807, 2.05) is 79.0 Å². The molecule has 0 unspecified atom stereocenters. The summed E-state index contributed by atoms with van der Waals surface area (Å²) in [5.41, 5.74) is 11.7. The molecule has 0 saturated heterocycles. The number of benzene rings is 5. The van der Waals surface area contributed by atoms with Crippen LogP contribution in [0.1, 0.15) is 11.1 Å². The number of hydrogen-bond donors (Lipinski definition) is 0. The lowest BCUT2D eigenvalue weighted by atomic mass is 9.95. The van der Waals surface area contributed by atoms with Crippen LogP contribution in [0.15, 0.2) is 138 Å². The predicted octanol–water partition coefficient (Wildman–Crippen LogP) is 9.41. The molecule has 0 N–H and O–H groups in total. The van der Waals surface area contributed by atoms with Gasteiger partial charge in [0.1, 0.15) is 11.2 Å². The van der Waals surface area contributed by atoms with Crippen LogP contribution in [-0.4, -0.2) is 19.9 Å². The molecule has 44 heavy (non-hydrogen) atoms. The average molecular weight is 565 g/mol. The molecule has 0 amide bonds. The van der Waals surface area contributed by atoms with Crippen LogP contribution >= 0.6 is 0 Å². The quantitative estimate of drug-likeness (QED) is 0.213. The molecule has 0 radical (unpaired) electrons. The Hall–Kier alpha value is -5.94. The lowest BCUT2D eigenvalue weighted by Crippen LogP contribution is -2.00. The fraction of sp³-hybridized carbons (Fsp3) is 0.0256. The third kappa shape index (κ3) is 4.02. The van der Waals surface area contributed by atoms with Crippen LogP contribution in [0, 0.1) is 0 Å². The maximum absolute atomic E-state index is 6.50. The van der Waals surface area contributed by atoms with Crippen LogP contribution in [-0.2, 0) is 6.42 Å². The van der Waals surface area contributed by atoms with Crippen LogP contribution in [0.2, 0.25) is 0 Å². The maximum Gasteiger partial charge on any atom is 0.164 e. The second-order valence-electron chi connectivity index (χ2n) is 11.1. The van der Waals surface area contributed by atoms with Crippen molar-refractivity contribution in [2.24, 2.45) is 0 Å². The van der Waals surface area contributed by atoms with E-state index in [2.05, 4.69) is 59.6 Å². The highest BCUT2D eigenvalue weighted by Crippen LogP contribution is 2.42. The summed E-state index contributed by atoms with van der Waals surface area (Å²) in [6, 6.07) is 43.4. The summed E-state index contributed by atoms with van der Waals surface area (Å²) in [6.07, 6.45) is 2.76. The Kier molecular flexibility index (Phi) is 5.50. The van der Waals surface area contributed by atoms with Crippen molar-refractivity contribution in [1.29, 1.82) is 0 Å². The number of aromatic nitrogens is 4. The summed E-state index contributed by atoms with van der Waals surface area (Å²) >= 11 is 0. The summed E-state index contributed by atoms with van der Waals surface area (Å²) in [4.78, 5) is 19.3. The van der Waals surface area contributed by atoms with Gasteiger partial charge in [-0.2, -0.15) is 0 Å². The molecule has 5 aromatic carbocycles. The Morgan fingerprint density at radius 2 is 1.07 bits per heavy atom. The van der Waals surface area contributed by atoms with Crippen molar-refractivity contribution in [3.8, 4) is 56.5 Å². The standard InChI is InChI=1S/C39H24N4O/c1-3-9-24(10-4-1)37-41-38(25-11-5-2-6-12-25)43-39(42-37)28-17-19-31-30-18-16-26(22-34(30)44-35(31)23-28)29-14-7-15-32-33(29)21-27-13-8-20-40-36(27)32/h1-20,22-23H,21H2. The van der Waals surface area contributed by atoms with Crippen molar-refractivity contribution in [1.82, 2.24) is 19.9 Å². The van der Waals surface area contributed by atoms with E-state index in [0.717, 1.165) is 56.3 Å². The van der Waals surface area contributed by atoms with Gasteiger partial charge in [0.05, 0.1) is 5.69 Å². The zero-order valence-corrected chi connectivity index (χ0v) is 23.6. The molecule has 0 atom stereocenters. The Morgan fingerprint density at radius 3 is 1.75 bits per heavy atom. The van der Waals surface area contributed by atoms with E-state index >= 15 is 0 Å². The molecule has 3 heterocycles. The number of pyridine rings is 1. The topological polar surface area (TPSA) is 64.7 Å². The van der Waals surface area contributed by atoms with Crippen LogP contribution in [0.4, 0.5) is 0 Å². The Morgan fingerprint density at radius 1 is 0.477 bits per heavy atom. The van der Waals surface area contributed by atoms with E-state index in [-0.39, 0.29) is 0 Å². The first kappa shape index (κ1) is 24.6. The lowest BCUT2D eigenvalue weighted by molar-refractivity contribution is 0.669. The molecule has 1 aliphatic rings. The summed E-state index contributed by atoms with van der Waals surface area (Å²) in [5, 5.41) is 2.14. The minimum Gasteiger partial charge on any atom is -0.456 e. The van der Waals surface area contributed by atoms with Gasteiger partial charge >= 0.3 is 0 Å². The molecule has 3 aromatic heterocycles. The summed E-state index contributed by atoms with van der Waals surface area (Å²) < 4.78 is 6.50. The van der Waals surface area contributed by atoms with Gasteiger partial charge in [0.15, 0.2) is 17.5 Å². The Balaban J connectivity index is 1.15. The second-order valence-corrected chi connectivity index (χ2v) is 11.1. The van der Waals surface area contributed by atoms with E-state index in [1.165, 1.54) is 22.3 Å². The van der Waals surface area contributed by atoms with Crippen molar-refractivity contribution in [2.75, 3.05) is 0 Å². The van der Waals surface area contributed by atoms with E-state index in [9.17, 15) is 0 Å². The fourth-order valence-corrected chi connectivity index (χ4v) is 6.31. The summed E-state index contributed by atoms with van der Waals surface area (Å²) in [7, 11) is 0. The molecule has 1 aliphatic carbocycles. The first-order chi connectivity index (χ1) is 21.8. The molecular formula is C39H24N4O. The maximum atomic E-state index is 6.50. The van der Waals surface area contributed by atoms with Gasteiger partial charge in [0.2, 0.25) is 0 Å². The van der Waals surface area contributed by atoms with E-state index in [0.29, 0.717) is 17.5 Å². The van der Waals surface area contributed by atoms with Crippen LogP contribution in [0.3, 0.4) is 0 Å². The molecule has 9 rings (SSSR count). The predicted molar refractivity (Wildman–Crippen MR) is 175 cm³/mol. The lowest BCUT2D eigenvalue weighted by Gasteiger charge is -2.08. The van der Waals surface area contributed by atoms with Gasteiger partial charge in [-0.15, -0.1) is 0 Å². The largest absolute Gasteiger partial charge is 0.456 e. The molecule has 0 spiro atoms. The van der Waals surface area contributed by atoms with Crippen molar-refractivity contribution in [3.05, 3.63) is 145 Å². The summed E-state index contributed by atoms with van der Waals surface area (Å²) in [5.74, 6) is 1.88. The molecule has 0 fully saturated rings. The Labute approximate surface area is 253 Å². The highest BCUT2D eigenvalue weighted by molar-refractivity contribution is 6.07. The highest BCUT2D eigenvalue weighted by Gasteiger charge is 2.23. The van der Waals surface area contributed by atoms with Gasteiger partial charge in [0, 0.05) is 45.6 Å². The van der Waals surface area contributed by atoms with Crippen molar-refractivity contribution < 1.29 is 4.42 Å². The van der Waals surface area contributed by atoms with Crippen molar-refractivity contribution >= 4 is 21.9 Å². The zero-order chi connectivity index (χ0) is 29.0. The third-order valence-electron chi connectivity index (χ3n) is 8.43. The smallest absolute Gasteiger partial charge is 0.164 e. The number of hydrogen-bond acceptors (Lipinski definition) is 5. The first-order valence-electron chi connectivity index (χ1n) is 14.7. The minimum atomic E-state index is 0.605. The van der Waals surface area contributed by atoms with Gasteiger partial charge in [-0.3, -0.25) is 4.98 Å². The zero-order valence-electron chi connectivity index (χ0n) is 23.6. The number of nitrogens with zero attached hydrogens (tertiary/aromatic N) is 4. The van der Waals surface area contributed by atoms with Gasteiger partial charge in [-0.1, -0.05) is 97.1 Å². The van der Waals surface area contributed by atoms with Crippen molar-refractivity contribution in [2.45, 2.75) is 6.42 Å². The summed E-state index contributed by atoms with van der Waals surface area (Å²) in [6.45, 7) is 0. The van der Waals surface area contributed by atoms with Crippen molar-refractivity contribution in [3.63, 3.8) is 0 Å². The van der Waals surface area contributed by atoms with E-state index in [1.54, 1.807) is 0 Å². The first-order valence-corrected chi connectivity index (χ1v) is 14.7. The van der Waals surface area contributed by atoms with Gasteiger partial charge in [-0.05, 0) is 52.6 Å². The monoisotopic (exact) mass is 564 g/mol. The number of rotatable bonds is 4. The molecule has 5 nitrogen and oxygen atoms in total. The molecule has 0 bridgehead atoms. The van der Waals surface area contributed by atoms with Crippen LogP contribution < -0.4 is 0 Å². The molecule has 206 valence electrons. The molecule has 8 aromatic rings. The number of fused-ring (bicyclic) bond motifs is 6. The minimum absolute atomic E-state index is 0.605. The normalized spacial score (nSPS) is 12.0. The van der Waals surface area contributed by atoms with Gasteiger partial charge < -0.3 is 4.42 Å². The number of furan rings is 1. The molecule has 0 aliphatic heterocycles. The van der Waals surface area contributed by atoms with Gasteiger partial charge in [-0.25, -0.2) is 15.0 Å². The second kappa shape index (κ2) is 9.82.